The Morgan fingerprint density at radius 3 is 2.90 bits per heavy atom. The molecule has 21 heavy (non-hydrogen) atoms. The average molecular weight is 408 g/mol. The third-order valence-corrected chi connectivity index (χ3v) is 3.42. The van der Waals surface area contributed by atoms with E-state index in [4.69, 9.17) is 4.74 Å². The number of guanidine groups is 1. The predicted molar refractivity (Wildman–Crippen MR) is 93.1 cm³/mol. The van der Waals surface area contributed by atoms with Gasteiger partial charge in [0.2, 0.25) is 0 Å². The number of methoxy groups -OCH3 is 1. The minimum atomic E-state index is 0. The second-order valence-electron chi connectivity index (χ2n) is 4.84. The first-order chi connectivity index (χ1) is 9.85. The van der Waals surface area contributed by atoms with Crippen LogP contribution in [0.15, 0.2) is 4.99 Å². The molecule has 0 aromatic carbocycles. The van der Waals surface area contributed by atoms with Crippen molar-refractivity contribution in [2.75, 3.05) is 27.3 Å². The predicted octanol–water partition coefficient (Wildman–Crippen LogP) is 0.934. The van der Waals surface area contributed by atoms with Gasteiger partial charge in [0.05, 0.1) is 13.2 Å². The lowest BCUT2D eigenvalue weighted by atomic mass is 10.2. The van der Waals surface area contributed by atoms with Crippen molar-refractivity contribution in [2.24, 2.45) is 4.99 Å². The Morgan fingerprint density at radius 2 is 2.14 bits per heavy atom. The van der Waals surface area contributed by atoms with Crippen LogP contribution in [0.1, 0.15) is 30.9 Å². The first kappa shape index (κ1) is 18.1. The van der Waals surface area contributed by atoms with Crippen LogP contribution in [0.5, 0.6) is 0 Å². The van der Waals surface area contributed by atoms with Crippen LogP contribution in [0.4, 0.5) is 0 Å². The van der Waals surface area contributed by atoms with Crippen LogP contribution in [-0.4, -0.2) is 48.0 Å². The summed E-state index contributed by atoms with van der Waals surface area (Å²) in [5.41, 5.74) is 0. The second-order valence-corrected chi connectivity index (χ2v) is 4.84. The smallest absolute Gasteiger partial charge is 0.191 e. The van der Waals surface area contributed by atoms with E-state index in [9.17, 15) is 0 Å². The molecule has 0 fully saturated rings. The molecular formula is C13H25IN6O. The minimum Gasteiger partial charge on any atom is -0.383 e. The van der Waals surface area contributed by atoms with Gasteiger partial charge in [0, 0.05) is 33.7 Å². The van der Waals surface area contributed by atoms with Crippen LogP contribution in [0.3, 0.4) is 0 Å². The van der Waals surface area contributed by atoms with E-state index in [0.29, 0.717) is 13.2 Å². The quantitative estimate of drug-likeness (QED) is 0.328. The summed E-state index contributed by atoms with van der Waals surface area (Å²) in [6.45, 7) is 3.05. The standard InChI is InChI=1S/C13H24N6O.HI/c1-14-13(15-7-9-20-2)16-10-12-18-17-11-6-4-3-5-8-19(11)12;/h3-10H2,1-2H3,(H2,14,15,16);1H. The molecule has 7 nitrogen and oxygen atoms in total. The van der Waals surface area contributed by atoms with Crippen molar-refractivity contribution in [3.63, 3.8) is 0 Å². The second kappa shape index (κ2) is 9.93. The largest absolute Gasteiger partial charge is 0.383 e. The van der Waals surface area contributed by atoms with Crippen molar-refractivity contribution < 1.29 is 4.74 Å². The molecule has 0 aliphatic carbocycles. The lowest BCUT2D eigenvalue weighted by Gasteiger charge is -2.12. The van der Waals surface area contributed by atoms with Crippen molar-refractivity contribution >= 4 is 29.9 Å². The lowest BCUT2D eigenvalue weighted by Crippen LogP contribution is -2.39. The van der Waals surface area contributed by atoms with E-state index in [-0.39, 0.29) is 24.0 Å². The normalized spacial score (nSPS) is 14.9. The number of hydrogen-bond donors (Lipinski definition) is 2. The van der Waals surface area contributed by atoms with Gasteiger partial charge in [-0.2, -0.15) is 0 Å². The maximum absolute atomic E-state index is 5.00. The Morgan fingerprint density at radius 1 is 1.29 bits per heavy atom. The van der Waals surface area contributed by atoms with Crippen LogP contribution >= 0.6 is 24.0 Å². The highest BCUT2D eigenvalue weighted by atomic mass is 127. The van der Waals surface area contributed by atoms with Gasteiger partial charge in [-0.1, -0.05) is 6.42 Å². The van der Waals surface area contributed by atoms with Gasteiger partial charge in [0.15, 0.2) is 11.8 Å². The van der Waals surface area contributed by atoms with Crippen LogP contribution in [-0.2, 0) is 24.2 Å². The van der Waals surface area contributed by atoms with Gasteiger partial charge in [-0.15, -0.1) is 34.2 Å². The molecule has 0 unspecified atom stereocenters. The molecule has 0 spiro atoms. The van der Waals surface area contributed by atoms with E-state index in [1.165, 1.54) is 19.3 Å². The number of nitrogens with zero attached hydrogens (tertiary/aromatic N) is 4. The number of ether oxygens (including phenoxy) is 1. The van der Waals surface area contributed by atoms with Gasteiger partial charge in [-0.05, 0) is 12.8 Å². The SMILES string of the molecule is CN=C(NCCOC)NCc1nnc2n1CCCCC2.I. The number of nitrogens with one attached hydrogen (secondary N) is 2. The zero-order chi connectivity index (χ0) is 14.2. The van der Waals surface area contributed by atoms with Gasteiger partial charge in [0.1, 0.15) is 5.82 Å². The Labute approximate surface area is 143 Å². The summed E-state index contributed by atoms with van der Waals surface area (Å²) in [4.78, 5) is 4.17. The number of hydrogen-bond acceptors (Lipinski definition) is 4. The molecule has 0 radical (unpaired) electrons. The number of halogens is 1. The summed E-state index contributed by atoms with van der Waals surface area (Å²) >= 11 is 0. The number of aryl methyl sites for hydroxylation is 1. The molecule has 0 bridgehead atoms. The topological polar surface area (TPSA) is 76.4 Å². The molecule has 1 aliphatic heterocycles. The molecule has 1 aromatic rings. The fourth-order valence-corrected chi connectivity index (χ4v) is 2.33. The molecule has 2 N–H and O–H groups in total. The van der Waals surface area contributed by atoms with Crippen LogP contribution in [0.25, 0.3) is 0 Å². The summed E-state index contributed by atoms with van der Waals surface area (Å²) in [6, 6.07) is 0. The highest BCUT2D eigenvalue weighted by molar-refractivity contribution is 14.0. The average Bonchev–Trinajstić information content (AvgIpc) is 2.70. The highest BCUT2D eigenvalue weighted by Crippen LogP contribution is 2.14. The summed E-state index contributed by atoms with van der Waals surface area (Å²) in [7, 11) is 3.44. The van der Waals surface area contributed by atoms with Crippen molar-refractivity contribution in [1.82, 2.24) is 25.4 Å². The van der Waals surface area contributed by atoms with Crippen LogP contribution in [0, 0.1) is 0 Å². The Bertz CT molecular complexity index is 448. The van der Waals surface area contributed by atoms with E-state index < -0.39 is 0 Å². The Hall–Kier alpha value is -0.900. The minimum absolute atomic E-state index is 0. The molecule has 120 valence electrons. The van der Waals surface area contributed by atoms with Gasteiger partial charge in [-0.25, -0.2) is 0 Å². The lowest BCUT2D eigenvalue weighted by molar-refractivity contribution is 0.203. The van der Waals surface area contributed by atoms with Crippen LogP contribution in [0.2, 0.25) is 0 Å². The summed E-state index contributed by atoms with van der Waals surface area (Å²) in [6.07, 6.45) is 4.73. The van der Waals surface area contributed by atoms with Crippen molar-refractivity contribution in [1.29, 1.82) is 0 Å². The fraction of sp³-hybridized carbons (Fsp3) is 0.769. The molecule has 1 aliphatic rings. The molecule has 0 amide bonds. The maximum Gasteiger partial charge on any atom is 0.191 e. The molecule has 2 rings (SSSR count). The zero-order valence-corrected chi connectivity index (χ0v) is 15.1. The Balaban J connectivity index is 0.00000220. The molecule has 1 aromatic heterocycles. The number of fused-ring (bicyclic) bond motifs is 1. The molecule has 0 atom stereocenters. The first-order valence-electron chi connectivity index (χ1n) is 7.19. The summed E-state index contributed by atoms with van der Waals surface area (Å²) in [5.74, 6) is 2.85. The van der Waals surface area contributed by atoms with E-state index in [1.54, 1.807) is 14.2 Å². The van der Waals surface area contributed by atoms with Gasteiger partial charge >= 0.3 is 0 Å². The highest BCUT2D eigenvalue weighted by Gasteiger charge is 2.14. The monoisotopic (exact) mass is 408 g/mol. The molecular weight excluding hydrogens is 383 g/mol. The summed E-state index contributed by atoms with van der Waals surface area (Å²) < 4.78 is 7.24. The van der Waals surface area contributed by atoms with Gasteiger partial charge in [-0.3, -0.25) is 4.99 Å². The maximum atomic E-state index is 5.00. The number of aromatic nitrogens is 3. The van der Waals surface area contributed by atoms with Crippen molar-refractivity contribution in [3.8, 4) is 0 Å². The molecule has 8 heteroatoms. The fourth-order valence-electron chi connectivity index (χ4n) is 2.33. The van der Waals surface area contributed by atoms with E-state index in [1.807, 2.05) is 0 Å². The van der Waals surface area contributed by atoms with Gasteiger partial charge < -0.3 is 19.9 Å². The van der Waals surface area contributed by atoms with Crippen LogP contribution < -0.4 is 10.6 Å². The number of aliphatic imine (C=N–C) groups is 1. The van der Waals surface area contributed by atoms with Gasteiger partial charge in [0.25, 0.3) is 0 Å². The zero-order valence-electron chi connectivity index (χ0n) is 12.8. The molecule has 0 saturated carbocycles. The summed E-state index contributed by atoms with van der Waals surface area (Å²) in [5, 5.41) is 15.0. The Kier molecular flexibility index (Phi) is 8.58. The number of rotatable bonds is 5. The van der Waals surface area contributed by atoms with E-state index in [2.05, 4.69) is 30.4 Å². The molecule has 2 heterocycles. The third-order valence-electron chi connectivity index (χ3n) is 3.42. The van der Waals surface area contributed by atoms with E-state index >= 15 is 0 Å². The van der Waals surface area contributed by atoms with E-state index in [0.717, 1.165) is 37.1 Å². The first-order valence-corrected chi connectivity index (χ1v) is 7.19. The van der Waals surface area contributed by atoms with Crippen molar-refractivity contribution in [3.05, 3.63) is 11.6 Å². The molecule has 0 saturated heterocycles. The third kappa shape index (κ3) is 5.42. The van der Waals surface area contributed by atoms with Crippen molar-refractivity contribution in [2.45, 2.75) is 38.8 Å².